The Hall–Kier alpha value is -1.63. The largest absolute Gasteiger partial charge is 0.386 e. The van der Waals surface area contributed by atoms with Gasteiger partial charge in [-0.15, -0.1) is 0 Å². The molecule has 5 nitrogen and oxygen atoms in total. The molecule has 1 saturated heterocycles. The van der Waals surface area contributed by atoms with E-state index in [9.17, 15) is 0 Å². The van der Waals surface area contributed by atoms with Crippen molar-refractivity contribution in [3.8, 4) is 0 Å². The molecule has 1 fully saturated rings. The maximum absolute atomic E-state index is 5.92. The fourth-order valence-corrected chi connectivity index (χ4v) is 4.68. The van der Waals surface area contributed by atoms with Crippen LogP contribution in [-0.4, -0.2) is 26.5 Å². The molecule has 0 radical (unpaired) electrons. The molecule has 1 aliphatic rings. The van der Waals surface area contributed by atoms with Crippen molar-refractivity contribution in [1.82, 2.24) is 20.0 Å². The number of benzene rings is 1. The van der Waals surface area contributed by atoms with Gasteiger partial charge in [-0.1, -0.05) is 11.6 Å². The zero-order valence-corrected chi connectivity index (χ0v) is 18.1. The van der Waals surface area contributed by atoms with Crippen molar-refractivity contribution in [2.45, 2.75) is 64.6 Å². The molecule has 0 amide bonds. The minimum Gasteiger partial charge on any atom is -0.386 e. The average Bonchev–Trinajstić information content (AvgIpc) is 2.93. The summed E-state index contributed by atoms with van der Waals surface area (Å²) < 4.78 is 4.43. The predicted molar refractivity (Wildman–Crippen MR) is 116 cm³/mol. The Kier molecular flexibility index (Phi) is 5.79. The van der Waals surface area contributed by atoms with Gasteiger partial charge in [0.25, 0.3) is 0 Å². The van der Waals surface area contributed by atoms with E-state index in [0.29, 0.717) is 16.9 Å². The maximum Gasteiger partial charge on any atom is 0.207 e. The molecular weight excluding hydrogens is 378 g/mol. The number of halogens is 1. The fourth-order valence-electron chi connectivity index (χ4n) is 3.98. The minimum absolute atomic E-state index is 0.119. The molecule has 27 heavy (non-hydrogen) atoms. The highest BCUT2D eigenvalue weighted by Gasteiger charge is 2.37. The summed E-state index contributed by atoms with van der Waals surface area (Å²) in [6.45, 7) is 11.1. The van der Waals surface area contributed by atoms with E-state index < -0.39 is 0 Å². The standard InChI is InChI=1S/C20H28ClN5S/c1-13(22-16-11-19(2,3)26-20(4,5)12-16)10-17-24-18(27-25-17)23-15-8-6-14(21)7-9-15/h6-10,16,22,26H,11-12H2,1-5H3,(H,23,24,25)/b13-10+. The van der Waals surface area contributed by atoms with Gasteiger partial charge in [0.1, 0.15) is 0 Å². The van der Waals surface area contributed by atoms with Gasteiger partial charge >= 0.3 is 0 Å². The molecule has 1 aromatic carbocycles. The summed E-state index contributed by atoms with van der Waals surface area (Å²) >= 11 is 7.27. The van der Waals surface area contributed by atoms with Crippen molar-refractivity contribution in [3.05, 3.63) is 40.8 Å². The molecule has 0 bridgehead atoms. The van der Waals surface area contributed by atoms with Crippen molar-refractivity contribution in [1.29, 1.82) is 0 Å². The zero-order chi connectivity index (χ0) is 19.7. The van der Waals surface area contributed by atoms with E-state index in [1.165, 1.54) is 11.5 Å². The number of rotatable bonds is 5. The van der Waals surface area contributed by atoms with E-state index in [-0.39, 0.29) is 11.1 Å². The third-order valence-electron chi connectivity index (χ3n) is 4.50. The predicted octanol–water partition coefficient (Wildman–Crippen LogP) is 5.19. The van der Waals surface area contributed by atoms with Crippen LogP contribution in [0, 0.1) is 0 Å². The summed E-state index contributed by atoms with van der Waals surface area (Å²) in [6, 6.07) is 7.97. The Morgan fingerprint density at radius 3 is 2.44 bits per heavy atom. The van der Waals surface area contributed by atoms with Crippen LogP contribution in [0.1, 0.15) is 53.3 Å². The second-order valence-electron chi connectivity index (χ2n) is 8.56. The third kappa shape index (κ3) is 5.92. The summed E-state index contributed by atoms with van der Waals surface area (Å²) in [5, 5.41) is 12.1. The van der Waals surface area contributed by atoms with E-state index in [4.69, 9.17) is 11.6 Å². The van der Waals surface area contributed by atoms with Crippen LogP contribution in [-0.2, 0) is 0 Å². The zero-order valence-electron chi connectivity index (χ0n) is 16.6. The van der Waals surface area contributed by atoms with E-state index in [1.807, 2.05) is 30.3 Å². The summed E-state index contributed by atoms with van der Waals surface area (Å²) in [6.07, 6.45) is 4.16. The quantitative estimate of drug-likeness (QED) is 0.638. The van der Waals surface area contributed by atoms with E-state index in [2.05, 4.69) is 59.9 Å². The van der Waals surface area contributed by atoms with Crippen LogP contribution < -0.4 is 16.0 Å². The number of nitrogens with one attached hydrogen (secondary N) is 3. The molecule has 3 N–H and O–H groups in total. The summed E-state index contributed by atoms with van der Waals surface area (Å²) in [5.41, 5.74) is 2.27. The number of nitrogens with zero attached hydrogens (tertiary/aromatic N) is 2. The van der Waals surface area contributed by atoms with Gasteiger partial charge in [-0.2, -0.15) is 9.36 Å². The highest BCUT2D eigenvalue weighted by atomic mass is 35.5. The van der Waals surface area contributed by atoms with Crippen LogP contribution in [0.5, 0.6) is 0 Å². The average molecular weight is 406 g/mol. The second-order valence-corrected chi connectivity index (χ2v) is 9.75. The Morgan fingerprint density at radius 1 is 1.19 bits per heavy atom. The van der Waals surface area contributed by atoms with Crippen LogP contribution in [0.3, 0.4) is 0 Å². The molecule has 0 saturated carbocycles. The van der Waals surface area contributed by atoms with Gasteiger partial charge in [-0.05, 0) is 71.7 Å². The number of allylic oxidation sites excluding steroid dienone is 1. The number of hydrogen-bond donors (Lipinski definition) is 3. The molecule has 3 rings (SSSR count). The van der Waals surface area contributed by atoms with Crippen molar-refractivity contribution in [2.24, 2.45) is 0 Å². The maximum atomic E-state index is 5.92. The topological polar surface area (TPSA) is 61.9 Å². The molecule has 2 aromatic rings. The molecule has 7 heteroatoms. The lowest BCUT2D eigenvalue weighted by Gasteiger charge is -2.47. The molecule has 0 unspecified atom stereocenters. The minimum atomic E-state index is 0.119. The van der Waals surface area contributed by atoms with Crippen LogP contribution >= 0.6 is 23.1 Å². The summed E-state index contributed by atoms with van der Waals surface area (Å²) in [7, 11) is 0. The third-order valence-corrected chi connectivity index (χ3v) is 5.40. The van der Waals surface area contributed by atoms with Gasteiger partial charge < -0.3 is 16.0 Å². The first kappa shape index (κ1) is 20.1. The molecule has 0 spiro atoms. The van der Waals surface area contributed by atoms with Crippen molar-refractivity contribution in [2.75, 3.05) is 5.32 Å². The van der Waals surface area contributed by atoms with Crippen LogP contribution in [0.15, 0.2) is 30.0 Å². The second kappa shape index (κ2) is 7.78. The van der Waals surface area contributed by atoms with Crippen LogP contribution in [0.4, 0.5) is 10.8 Å². The van der Waals surface area contributed by atoms with E-state index >= 15 is 0 Å². The summed E-state index contributed by atoms with van der Waals surface area (Å²) in [4.78, 5) is 4.55. The van der Waals surface area contributed by atoms with Gasteiger partial charge in [0.05, 0.1) is 0 Å². The van der Waals surface area contributed by atoms with Crippen molar-refractivity contribution >= 4 is 40.0 Å². The van der Waals surface area contributed by atoms with Gasteiger partial charge in [0, 0.05) is 51.1 Å². The lowest BCUT2D eigenvalue weighted by molar-refractivity contribution is 0.151. The van der Waals surface area contributed by atoms with E-state index in [1.54, 1.807) is 0 Å². The molecule has 2 heterocycles. The molecular formula is C20H28ClN5S. The van der Waals surface area contributed by atoms with Crippen LogP contribution in [0.25, 0.3) is 6.08 Å². The Morgan fingerprint density at radius 2 is 1.81 bits per heavy atom. The first-order chi connectivity index (χ1) is 12.6. The molecule has 146 valence electrons. The highest BCUT2D eigenvalue weighted by molar-refractivity contribution is 7.09. The lowest BCUT2D eigenvalue weighted by atomic mass is 9.79. The Balaban J connectivity index is 1.63. The normalized spacial score (nSPS) is 19.7. The monoisotopic (exact) mass is 405 g/mol. The number of aromatic nitrogens is 2. The lowest BCUT2D eigenvalue weighted by Crippen LogP contribution is -2.61. The van der Waals surface area contributed by atoms with Crippen molar-refractivity contribution in [3.63, 3.8) is 0 Å². The molecule has 0 atom stereocenters. The Bertz CT molecular complexity index is 794. The van der Waals surface area contributed by atoms with Crippen LogP contribution in [0.2, 0.25) is 5.02 Å². The molecule has 1 aliphatic heterocycles. The smallest absolute Gasteiger partial charge is 0.207 e. The van der Waals surface area contributed by atoms with Gasteiger partial charge in [-0.25, -0.2) is 0 Å². The first-order valence-electron chi connectivity index (χ1n) is 9.21. The van der Waals surface area contributed by atoms with Gasteiger partial charge in [-0.3, -0.25) is 0 Å². The number of piperidine rings is 1. The molecule has 1 aromatic heterocycles. The van der Waals surface area contributed by atoms with Gasteiger partial charge in [0.15, 0.2) is 5.82 Å². The van der Waals surface area contributed by atoms with E-state index in [0.717, 1.165) is 29.4 Å². The fraction of sp³-hybridized carbons (Fsp3) is 0.500. The highest BCUT2D eigenvalue weighted by Crippen LogP contribution is 2.29. The molecule has 0 aliphatic carbocycles. The summed E-state index contributed by atoms with van der Waals surface area (Å²) in [5.74, 6) is 0.717. The Labute approximate surface area is 170 Å². The first-order valence-corrected chi connectivity index (χ1v) is 10.4. The number of anilines is 2. The van der Waals surface area contributed by atoms with Crippen molar-refractivity contribution < 1.29 is 0 Å². The number of hydrogen-bond acceptors (Lipinski definition) is 6. The SMILES string of the molecule is C/C(=C\c1nsc(Nc2ccc(Cl)cc2)n1)NC1CC(C)(C)NC(C)(C)C1. The van der Waals surface area contributed by atoms with Gasteiger partial charge in [0.2, 0.25) is 5.13 Å².